The van der Waals surface area contributed by atoms with Crippen molar-refractivity contribution in [3.8, 4) is 5.75 Å². The number of carbonyl (C=O) groups is 1. The number of rotatable bonds is 5. The van der Waals surface area contributed by atoms with Gasteiger partial charge < -0.3 is 15.2 Å². The van der Waals surface area contributed by atoms with E-state index in [1.165, 1.54) is 7.11 Å². The first-order valence-electron chi connectivity index (χ1n) is 5.65. The standard InChI is InChI=1S/C13H19NO3/c1-9(2)6-7-17-12-5-4-10(14)8-11(12)13(15)16-3/h4-5,8-9H,6-7,14H2,1-3H3. The molecule has 1 rings (SSSR count). The van der Waals surface area contributed by atoms with E-state index in [1.54, 1.807) is 18.2 Å². The Hall–Kier alpha value is -1.71. The summed E-state index contributed by atoms with van der Waals surface area (Å²) < 4.78 is 10.3. The van der Waals surface area contributed by atoms with E-state index in [2.05, 4.69) is 18.6 Å². The van der Waals surface area contributed by atoms with E-state index < -0.39 is 5.97 Å². The van der Waals surface area contributed by atoms with E-state index in [-0.39, 0.29) is 0 Å². The molecule has 2 N–H and O–H groups in total. The molecule has 0 aliphatic rings. The molecule has 1 aromatic carbocycles. The van der Waals surface area contributed by atoms with Crippen molar-refractivity contribution >= 4 is 11.7 Å². The number of anilines is 1. The first kappa shape index (κ1) is 13.4. The number of esters is 1. The Morgan fingerprint density at radius 3 is 2.71 bits per heavy atom. The molecule has 1 aromatic rings. The molecule has 0 saturated carbocycles. The molecule has 0 bridgehead atoms. The molecule has 0 saturated heterocycles. The van der Waals surface area contributed by atoms with Crippen molar-refractivity contribution in [2.75, 3.05) is 19.5 Å². The van der Waals surface area contributed by atoms with Gasteiger partial charge in [0.15, 0.2) is 0 Å². The monoisotopic (exact) mass is 237 g/mol. The summed E-state index contributed by atoms with van der Waals surface area (Å²) in [6, 6.07) is 4.97. The summed E-state index contributed by atoms with van der Waals surface area (Å²) in [5.41, 5.74) is 6.52. The van der Waals surface area contributed by atoms with E-state index in [0.717, 1.165) is 6.42 Å². The minimum absolute atomic E-state index is 0.372. The Morgan fingerprint density at radius 1 is 1.41 bits per heavy atom. The molecule has 0 fully saturated rings. The Labute approximate surface area is 102 Å². The first-order valence-corrected chi connectivity index (χ1v) is 5.65. The first-order chi connectivity index (χ1) is 8.04. The number of ether oxygens (including phenoxy) is 2. The number of methoxy groups -OCH3 is 1. The maximum Gasteiger partial charge on any atom is 0.341 e. The minimum atomic E-state index is -0.433. The molecule has 0 aliphatic carbocycles. The molecule has 4 heteroatoms. The number of benzene rings is 1. The Balaban J connectivity index is 2.79. The summed E-state index contributed by atoms with van der Waals surface area (Å²) in [5, 5.41) is 0. The maximum absolute atomic E-state index is 11.5. The van der Waals surface area contributed by atoms with Crippen molar-refractivity contribution in [2.45, 2.75) is 20.3 Å². The molecule has 0 unspecified atom stereocenters. The van der Waals surface area contributed by atoms with Crippen LogP contribution in [0, 0.1) is 5.92 Å². The van der Waals surface area contributed by atoms with Gasteiger partial charge in [-0.1, -0.05) is 13.8 Å². The van der Waals surface area contributed by atoms with Crippen molar-refractivity contribution in [1.29, 1.82) is 0 Å². The average Bonchev–Trinajstić information content (AvgIpc) is 2.29. The lowest BCUT2D eigenvalue weighted by atomic mass is 10.1. The summed E-state index contributed by atoms with van der Waals surface area (Å²) in [4.78, 5) is 11.5. The smallest absolute Gasteiger partial charge is 0.341 e. The van der Waals surface area contributed by atoms with Gasteiger partial charge >= 0.3 is 5.97 Å². The van der Waals surface area contributed by atoms with Crippen molar-refractivity contribution in [3.63, 3.8) is 0 Å². The van der Waals surface area contributed by atoms with Gasteiger partial charge in [0.25, 0.3) is 0 Å². The van der Waals surface area contributed by atoms with Crippen LogP contribution in [0.25, 0.3) is 0 Å². The number of hydrogen-bond donors (Lipinski definition) is 1. The van der Waals surface area contributed by atoms with Gasteiger partial charge in [0.1, 0.15) is 11.3 Å². The van der Waals surface area contributed by atoms with Crippen molar-refractivity contribution < 1.29 is 14.3 Å². The molecule has 0 atom stereocenters. The zero-order valence-corrected chi connectivity index (χ0v) is 10.5. The van der Waals surface area contributed by atoms with Gasteiger partial charge in [-0.25, -0.2) is 4.79 Å². The van der Waals surface area contributed by atoms with E-state index in [4.69, 9.17) is 10.5 Å². The quantitative estimate of drug-likeness (QED) is 0.631. The fourth-order valence-electron chi connectivity index (χ4n) is 1.35. The molecule has 0 amide bonds. The van der Waals surface area contributed by atoms with Gasteiger partial charge in [0, 0.05) is 5.69 Å². The molecule has 4 nitrogen and oxygen atoms in total. The summed E-state index contributed by atoms with van der Waals surface area (Å²) in [5.74, 6) is 0.647. The lowest BCUT2D eigenvalue weighted by molar-refractivity contribution is 0.0596. The predicted octanol–water partition coefficient (Wildman–Crippen LogP) is 2.48. The summed E-state index contributed by atoms with van der Waals surface area (Å²) in [6.07, 6.45) is 0.936. The Kier molecular flexibility index (Phi) is 4.82. The number of nitrogen functional groups attached to an aromatic ring is 1. The third-order valence-corrected chi connectivity index (χ3v) is 2.36. The second-order valence-electron chi connectivity index (χ2n) is 4.28. The molecule has 17 heavy (non-hydrogen) atoms. The van der Waals surface area contributed by atoms with Crippen LogP contribution in [0.15, 0.2) is 18.2 Å². The van der Waals surface area contributed by atoms with Crippen LogP contribution >= 0.6 is 0 Å². The lowest BCUT2D eigenvalue weighted by Crippen LogP contribution is -2.08. The van der Waals surface area contributed by atoms with Gasteiger partial charge in [-0.2, -0.15) is 0 Å². The third-order valence-electron chi connectivity index (χ3n) is 2.36. The fourth-order valence-corrected chi connectivity index (χ4v) is 1.35. The third kappa shape index (κ3) is 3.98. The number of hydrogen-bond acceptors (Lipinski definition) is 4. The van der Waals surface area contributed by atoms with E-state index >= 15 is 0 Å². The van der Waals surface area contributed by atoms with Crippen molar-refractivity contribution in [1.82, 2.24) is 0 Å². The van der Waals surface area contributed by atoms with E-state index in [0.29, 0.717) is 29.5 Å². The van der Waals surface area contributed by atoms with Gasteiger partial charge in [-0.15, -0.1) is 0 Å². The average molecular weight is 237 g/mol. The molecule has 0 heterocycles. The molecular formula is C13H19NO3. The van der Waals surface area contributed by atoms with Crippen molar-refractivity contribution in [3.05, 3.63) is 23.8 Å². The second kappa shape index (κ2) is 6.13. The minimum Gasteiger partial charge on any atom is -0.493 e. The highest BCUT2D eigenvalue weighted by Crippen LogP contribution is 2.22. The normalized spacial score (nSPS) is 10.4. The highest BCUT2D eigenvalue weighted by molar-refractivity contribution is 5.93. The highest BCUT2D eigenvalue weighted by Gasteiger charge is 2.13. The second-order valence-corrected chi connectivity index (χ2v) is 4.28. The Bertz CT molecular complexity index is 388. The molecule has 0 spiro atoms. The van der Waals surface area contributed by atoms with Crippen LogP contribution in [-0.4, -0.2) is 19.7 Å². The largest absolute Gasteiger partial charge is 0.493 e. The number of carbonyl (C=O) groups excluding carboxylic acids is 1. The summed E-state index contributed by atoms with van der Waals surface area (Å²) in [7, 11) is 1.34. The van der Waals surface area contributed by atoms with Crippen LogP contribution in [0.5, 0.6) is 5.75 Å². The molecular weight excluding hydrogens is 218 g/mol. The molecule has 0 aromatic heterocycles. The van der Waals surface area contributed by atoms with Crippen molar-refractivity contribution in [2.24, 2.45) is 5.92 Å². The van der Waals surface area contributed by atoms with Gasteiger partial charge in [0.05, 0.1) is 13.7 Å². The van der Waals surface area contributed by atoms with Gasteiger partial charge in [-0.05, 0) is 30.5 Å². The zero-order chi connectivity index (χ0) is 12.8. The highest BCUT2D eigenvalue weighted by atomic mass is 16.5. The molecule has 94 valence electrons. The lowest BCUT2D eigenvalue weighted by Gasteiger charge is -2.11. The van der Waals surface area contributed by atoms with E-state index in [1.807, 2.05) is 0 Å². The predicted molar refractivity (Wildman–Crippen MR) is 67.1 cm³/mol. The van der Waals surface area contributed by atoms with Crippen LogP contribution < -0.4 is 10.5 Å². The number of nitrogens with two attached hydrogens (primary N) is 1. The summed E-state index contributed by atoms with van der Waals surface area (Å²) >= 11 is 0. The van der Waals surface area contributed by atoms with Crippen LogP contribution in [0.2, 0.25) is 0 Å². The maximum atomic E-state index is 11.5. The van der Waals surface area contributed by atoms with E-state index in [9.17, 15) is 4.79 Å². The SMILES string of the molecule is COC(=O)c1cc(N)ccc1OCCC(C)C. The Morgan fingerprint density at radius 2 is 2.12 bits per heavy atom. The van der Waals surface area contributed by atoms with Crippen LogP contribution in [0.3, 0.4) is 0 Å². The van der Waals surface area contributed by atoms with Crippen LogP contribution in [0.4, 0.5) is 5.69 Å². The van der Waals surface area contributed by atoms with Gasteiger partial charge in [0.2, 0.25) is 0 Å². The fraction of sp³-hybridized carbons (Fsp3) is 0.462. The topological polar surface area (TPSA) is 61.5 Å². The van der Waals surface area contributed by atoms with Crippen LogP contribution in [0.1, 0.15) is 30.6 Å². The molecule has 0 radical (unpaired) electrons. The zero-order valence-electron chi connectivity index (χ0n) is 10.5. The summed E-state index contributed by atoms with van der Waals surface area (Å²) in [6.45, 7) is 4.81. The molecule has 0 aliphatic heterocycles. The van der Waals surface area contributed by atoms with Gasteiger partial charge in [-0.3, -0.25) is 0 Å². The van der Waals surface area contributed by atoms with Crippen LogP contribution in [-0.2, 0) is 4.74 Å².